The molecule has 14 heavy (non-hydrogen) atoms. The summed E-state index contributed by atoms with van der Waals surface area (Å²) in [4.78, 5) is 0. The van der Waals surface area contributed by atoms with E-state index in [-0.39, 0.29) is 5.56 Å². The number of aliphatic hydroxyl groups is 1. The van der Waals surface area contributed by atoms with Gasteiger partial charge in [0.2, 0.25) is 0 Å². The number of hydrogen-bond acceptors (Lipinski definition) is 2. The van der Waals surface area contributed by atoms with Crippen molar-refractivity contribution < 1.29 is 13.9 Å². The van der Waals surface area contributed by atoms with E-state index in [0.717, 1.165) is 11.8 Å². The third kappa shape index (κ3) is 1.64. The van der Waals surface area contributed by atoms with Crippen molar-refractivity contribution in [2.24, 2.45) is 0 Å². The van der Waals surface area contributed by atoms with Crippen LogP contribution in [0.3, 0.4) is 0 Å². The highest BCUT2D eigenvalue weighted by molar-refractivity contribution is 7.99. The van der Waals surface area contributed by atoms with E-state index in [4.69, 9.17) is 0 Å². The topological polar surface area (TPSA) is 20.2 Å². The van der Waals surface area contributed by atoms with Crippen molar-refractivity contribution in [2.75, 3.05) is 11.5 Å². The zero-order chi connectivity index (χ0) is 10.2. The maximum absolute atomic E-state index is 13.3. The van der Waals surface area contributed by atoms with Gasteiger partial charge in [-0.2, -0.15) is 11.8 Å². The molecule has 0 radical (unpaired) electrons. The van der Waals surface area contributed by atoms with Gasteiger partial charge in [-0.1, -0.05) is 6.07 Å². The van der Waals surface area contributed by atoms with Gasteiger partial charge in [-0.3, -0.25) is 0 Å². The summed E-state index contributed by atoms with van der Waals surface area (Å²) in [6.45, 7) is 0. The summed E-state index contributed by atoms with van der Waals surface area (Å²) >= 11 is 1.58. The van der Waals surface area contributed by atoms with Crippen molar-refractivity contribution in [1.29, 1.82) is 0 Å². The molecular weight excluding hydrogens is 206 g/mol. The molecule has 76 valence electrons. The Morgan fingerprint density at radius 3 is 2.71 bits per heavy atom. The lowest BCUT2D eigenvalue weighted by Gasteiger charge is -2.22. The minimum atomic E-state index is -1.11. The van der Waals surface area contributed by atoms with Crippen molar-refractivity contribution in [2.45, 2.75) is 12.0 Å². The molecule has 1 aromatic rings. The molecule has 0 bridgehead atoms. The number of benzene rings is 1. The third-order valence-electron chi connectivity index (χ3n) is 2.43. The predicted octanol–water partition coefficient (Wildman–Crippen LogP) is 2.29. The molecule has 1 atom stereocenters. The predicted molar refractivity (Wildman–Crippen MR) is 52.2 cm³/mol. The van der Waals surface area contributed by atoms with Gasteiger partial charge in [-0.25, -0.2) is 8.78 Å². The van der Waals surface area contributed by atoms with Crippen LogP contribution in [-0.4, -0.2) is 16.6 Å². The van der Waals surface area contributed by atoms with Crippen LogP contribution in [0.4, 0.5) is 8.78 Å². The minimum Gasteiger partial charge on any atom is -0.384 e. The first-order valence-electron chi connectivity index (χ1n) is 4.37. The summed E-state index contributed by atoms with van der Waals surface area (Å²) in [5.41, 5.74) is -0.897. The lowest BCUT2D eigenvalue weighted by atomic mass is 9.93. The summed E-state index contributed by atoms with van der Waals surface area (Å²) in [7, 11) is 0. The smallest absolute Gasteiger partial charge is 0.132 e. The molecule has 1 aliphatic rings. The highest BCUT2D eigenvalue weighted by Crippen LogP contribution is 2.37. The fourth-order valence-corrected chi connectivity index (χ4v) is 2.90. The van der Waals surface area contributed by atoms with E-state index in [1.807, 2.05) is 0 Å². The van der Waals surface area contributed by atoms with Gasteiger partial charge in [0.05, 0.1) is 0 Å². The Labute approximate surface area is 85.1 Å². The first-order chi connectivity index (χ1) is 6.62. The lowest BCUT2D eigenvalue weighted by Crippen LogP contribution is -2.26. The van der Waals surface area contributed by atoms with Crippen LogP contribution >= 0.6 is 11.8 Å². The van der Waals surface area contributed by atoms with Crippen LogP contribution in [0, 0.1) is 11.6 Å². The number of hydrogen-bond donors (Lipinski definition) is 1. The van der Waals surface area contributed by atoms with Crippen LogP contribution < -0.4 is 0 Å². The Morgan fingerprint density at radius 1 is 1.36 bits per heavy atom. The van der Waals surface area contributed by atoms with Crippen molar-refractivity contribution in [3.63, 3.8) is 0 Å². The van der Waals surface area contributed by atoms with E-state index in [1.165, 1.54) is 12.1 Å². The molecule has 1 aromatic carbocycles. The standard InChI is InChI=1S/C10H10F2OS/c11-7-1-2-8(9(12)5-7)10(13)3-4-14-6-10/h1-2,5,13H,3-4,6H2. The van der Waals surface area contributed by atoms with Crippen molar-refractivity contribution in [3.05, 3.63) is 35.4 Å². The molecular formula is C10H10F2OS. The van der Waals surface area contributed by atoms with E-state index < -0.39 is 17.2 Å². The van der Waals surface area contributed by atoms with Crippen LogP contribution in [0.15, 0.2) is 18.2 Å². The molecule has 0 aromatic heterocycles. The summed E-state index contributed by atoms with van der Waals surface area (Å²) in [5.74, 6) is 0.0265. The molecule has 0 saturated carbocycles. The van der Waals surface area contributed by atoms with Gasteiger partial charge in [-0.15, -0.1) is 0 Å². The van der Waals surface area contributed by atoms with Gasteiger partial charge in [-0.05, 0) is 18.2 Å². The van der Waals surface area contributed by atoms with Gasteiger partial charge >= 0.3 is 0 Å². The molecule has 0 amide bonds. The van der Waals surface area contributed by atoms with Crippen LogP contribution in [-0.2, 0) is 5.60 Å². The van der Waals surface area contributed by atoms with Crippen LogP contribution in [0.25, 0.3) is 0 Å². The maximum Gasteiger partial charge on any atom is 0.132 e. The molecule has 1 N–H and O–H groups in total. The number of rotatable bonds is 1. The van der Waals surface area contributed by atoms with E-state index in [9.17, 15) is 13.9 Å². The number of halogens is 2. The quantitative estimate of drug-likeness (QED) is 0.777. The van der Waals surface area contributed by atoms with Crippen LogP contribution in [0.2, 0.25) is 0 Å². The second kappa shape index (κ2) is 3.51. The highest BCUT2D eigenvalue weighted by atomic mass is 32.2. The minimum absolute atomic E-state index is 0.212. The zero-order valence-corrected chi connectivity index (χ0v) is 8.28. The van der Waals surface area contributed by atoms with E-state index in [0.29, 0.717) is 12.2 Å². The van der Waals surface area contributed by atoms with Crippen molar-refractivity contribution in [3.8, 4) is 0 Å². The molecule has 4 heteroatoms. The van der Waals surface area contributed by atoms with Crippen molar-refractivity contribution in [1.82, 2.24) is 0 Å². The zero-order valence-electron chi connectivity index (χ0n) is 7.46. The molecule has 1 unspecified atom stereocenters. The fraction of sp³-hybridized carbons (Fsp3) is 0.400. The summed E-state index contributed by atoms with van der Waals surface area (Å²) < 4.78 is 26.0. The Balaban J connectivity index is 2.40. The summed E-state index contributed by atoms with van der Waals surface area (Å²) in [5, 5.41) is 10.1. The second-order valence-electron chi connectivity index (χ2n) is 3.46. The molecule has 1 nitrogen and oxygen atoms in total. The van der Waals surface area contributed by atoms with Gasteiger partial charge in [0, 0.05) is 17.4 Å². The largest absolute Gasteiger partial charge is 0.384 e. The summed E-state index contributed by atoms with van der Waals surface area (Å²) in [6.07, 6.45) is 0.528. The molecule has 0 spiro atoms. The first-order valence-corrected chi connectivity index (χ1v) is 5.53. The van der Waals surface area contributed by atoms with Crippen LogP contribution in [0.1, 0.15) is 12.0 Å². The summed E-state index contributed by atoms with van der Waals surface area (Å²) in [6, 6.07) is 3.33. The first kappa shape index (κ1) is 9.93. The molecule has 2 rings (SSSR count). The average molecular weight is 216 g/mol. The number of thioether (sulfide) groups is 1. The van der Waals surface area contributed by atoms with Gasteiger partial charge in [0.25, 0.3) is 0 Å². The molecule has 1 aliphatic heterocycles. The van der Waals surface area contributed by atoms with E-state index in [2.05, 4.69) is 0 Å². The van der Waals surface area contributed by atoms with Crippen molar-refractivity contribution >= 4 is 11.8 Å². The molecule has 1 saturated heterocycles. The lowest BCUT2D eigenvalue weighted by molar-refractivity contribution is 0.0617. The maximum atomic E-state index is 13.3. The fourth-order valence-electron chi connectivity index (χ4n) is 1.63. The average Bonchev–Trinajstić information content (AvgIpc) is 2.52. The molecule has 1 heterocycles. The van der Waals surface area contributed by atoms with Gasteiger partial charge in [0.1, 0.15) is 17.2 Å². The van der Waals surface area contributed by atoms with Gasteiger partial charge < -0.3 is 5.11 Å². The Hall–Kier alpha value is -0.610. The normalized spacial score (nSPS) is 26.8. The Bertz CT molecular complexity index is 348. The van der Waals surface area contributed by atoms with Gasteiger partial charge in [0.15, 0.2) is 0 Å². The molecule has 0 aliphatic carbocycles. The SMILES string of the molecule is OC1(c2ccc(F)cc2F)CCSC1. The second-order valence-corrected chi connectivity index (χ2v) is 4.56. The molecule has 1 fully saturated rings. The van der Waals surface area contributed by atoms with E-state index in [1.54, 1.807) is 11.8 Å². The third-order valence-corrected chi connectivity index (χ3v) is 3.61. The van der Waals surface area contributed by atoms with Crippen LogP contribution in [0.5, 0.6) is 0 Å². The highest BCUT2D eigenvalue weighted by Gasteiger charge is 2.35. The van der Waals surface area contributed by atoms with E-state index >= 15 is 0 Å². The Morgan fingerprint density at radius 2 is 2.14 bits per heavy atom. The monoisotopic (exact) mass is 216 g/mol. The Kier molecular flexibility index (Phi) is 2.49.